The largest absolute Gasteiger partial charge is 0.573 e. The topological polar surface area (TPSA) is 75.6 Å². The highest BCUT2D eigenvalue weighted by molar-refractivity contribution is 7.12. The van der Waals surface area contributed by atoms with Crippen molar-refractivity contribution in [2.45, 2.75) is 12.8 Å². The van der Waals surface area contributed by atoms with Gasteiger partial charge >= 0.3 is 12.3 Å². The van der Waals surface area contributed by atoms with E-state index in [0.717, 1.165) is 5.57 Å². The van der Waals surface area contributed by atoms with Crippen LogP contribution in [0.5, 0.6) is 5.75 Å². The van der Waals surface area contributed by atoms with Crippen LogP contribution >= 0.6 is 11.3 Å². The van der Waals surface area contributed by atoms with E-state index in [9.17, 15) is 22.8 Å². The highest BCUT2D eigenvalue weighted by atomic mass is 32.1. The van der Waals surface area contributed by atoms with Crippen molar-refractivity contribution >= 4 is 23.2 Å². The van der Waals surface area contributed by atoms with Gasteiger partial charge < -0.3 is 15.2 Å². The van der Waals surface area contributed by atoms with Gasteiger partial charge in [-0.05, 0) is 46.7 Å². The van der Waals surface area contributed by atoms with Crippen LogP contribution in [0.15, 0.2) is 71.2 Å². The monoisotopic (exact) mass is 435 g/mol. The maximum absolute atomic E-state index is 12.4. The van der Waals surface area contributed by atoms with Gasteiger partial charge in [0, 0.05) is 12.1 Å². The van der Waals surface area contributed by atoms with Crippen LogP contribution in [-0.2, 0) is 4.79 Å². The first-order chi connectivity index (χ1) is 14.2. The molecule has 0 unspecified atom stereocenters. The van der Waals surface area contributed by atoms with Crippen molar-refractivity contribution in [2.24, 2.45) is 0 Å². The molecular formula is C21H16F3NO4S. The molecule has 3 rings (SSSR count). The second-order valence-electron chi connectivity index (χ2n) is 6.29. The molecule has 0 bridgehead atoms. The smallest absolute Gasteiger partial charge is 0.478 e. The third kappa shape index (κ3) is 5.84. The Hall–Kier alpha value is -3.33. The second-order valence-corrected chi connectivity index (χ2v) is 7.21. The zero-order valence-corrected chi connectivity index (χ0v) is 16.2. The van der Waals surface area contributed by atoms with Crippen LogP contribution < -0.4 is 10.1 Å². The van der Waals surface area contributed by atoms with E-state index in [4.69, 9.17) is 5.11 Å². The number of carbonyl (C=O) groups is 2. The number of rotatable bonds is 6. The fourth-order valence-corrected chi connectivity index (χ4v) is 3.51. The van der Waals surface area contributed by atoms with E-state index < -0.39 is 12.3 Å². The van der Waals surface area contributed by atoms with Crippen LogP contribution in [0.3, 0.4) is 0 Å². The minimum absolute atomic E-state index is 0.243. The normalized spacial score (nSPS) is 13.8. The number of carboxylic acids is 1. The predicted molar refractivity (Wildman–Crippen MR) is 106 cm³/mol. The molecule has 0 radical (unpaired) electrons. The molecule has 0 saturated heterocycles. The number of alkyl halides is 3. The van der Waals surface area contributed by atoms with E-state index in [0.29, 0.717) is 16.0 Å². The molecule has 0 saturated carbocycles. The molecular weight excluding hydrogens is 419 g/mol. The summed E-state index contributed by atoms with van der Waals surface area (Å²) in [6, 6.07) is 7.05. The Labute approximate surface area is 173 Å². The molecule has 1 aromatic heterocycles. The van der Waals surface area contributed by atoms with Crippen molar-refractivity contribution in [1.82, 2.24) is 5.32 Å². The fourth-order valence-electron chi connectivity index (χ4n) is 2.68. The number of amides is 1. The summed E-state index contributed by atoms with van der Waals surface area (Å²) >= 11 is 1.21. The van der Waals surface area contributed by atoms with Crippen molar-refractivity contribution < 1.29 is 32.6 Å². The molecule has 0 spiro atoms. The van der Waals surface area contributed by atoms with Crippen LogP contribution in [0.25, 0.3) is 11.1 Å². The summed E-state index contributed by atoms with van der Waals surface area (Å²) in [6.45, 7) is 0.243. The maximum atomic E-state index is 12.4. The second kappa shape index (κ2) is 9.00. The molecule has 2 aromatic rings. The van der Waals surface area contributed by atoms with Crippen LogP contribution in [0.1, 0.15) is 16.1 Å². The molecule has 1 amide bonds. The first kappa shape index (κ1) is 21.4. The number of thiophene rings is 1. The number of hydrogen-bond donors (Lipinski definition) is 2. The lowest BCUT2D eigenvalue weighted by Crippen LogP contribution is -2.24. The van der Waals surface area contributed by atoms with Gasteiger partial charge in [-0.15, -0.1) is 24.5 Å². The summed E-state index contributed by atoms with van der Waals surface area (Å²) in [5.74, 6) is -1.59. The van der Waals surface area contributed by atoms with E-state index >= 15 is 0 Å². The summed E-state index contributed by atoms with van der Waals surface area (Å²) in [5.41, 5.74) is 2.41. The summed E-state index contributed by atoms with van der Waals surface area (Å²) in [4.78, 5) is 23.9. The number of ether oxygens (including phenoxy) is 1. The lowest BCUT2D eigenvalue weighted by atomic mass is 10.1. The van der Waals surface area contributed by atoms with Crippen molar-refractivity contribution in [3.63, 3.8) is 0 Å². The molecule has 30 heavy (non-hydrogen) atoms. The molecule has 1 aromatic carbocycles. The zero-order valence-electron chi connectivity index (χ0n) is 15.4. The third-order valence-corrected chi connectivity index (χ3v) is 5.09. The van der Waals surface area contributed by atoms with E-state index in [1.54, 1.807) is 29.7 Å². The number of halogens is 3. The minimum atomic E-state index is -4.75. The average Bonchev–Trinajstić information content (AvgIpc) is 3.04. The Bertz CT molecular complexity index is 1030. The first-order valence-electron chi connectivity index (χ1n) is 8.74. The number of aliphatic carboxylic acids is 1. The van der Waals surface area contributed by atoms with Crippen LogP contribution in [0.4, 0.5) is 13.2 Å². The Balaban J connectivity index is 1.59. The summed E-state index contributed by atoms with van der Waals surface area (Å²) < 4.78 is 40.6. The summed E-state index contributed by atoms with van der Waals surface area (Å²) in [7, 11) is 0. The number of hydrogen-bond acceptors (Lipinski definition) is 4. The number of benzene rings is 1. The van der Waals surface area contributed by atoms with Crippen LogP contribution in [0, 0.1) is 0 Å². The van der Waals surface area contributed by atoms with Crippen molar-refractivity contribution in [3.05, 3.63) is 76.0 Å². The van der Waals surface area contributed by atoms with Gasteiger partial charge in [0.15, 0.2) is 0 Å². The van der Waals surface area contributed by atoms with Crippen LogP contribution in [-0.4, -0.2) is 29.9 Å². The highest BCUT2D eigenvalue weighted by Crippen LogP contribution is 2.29. The molecule has 1 aliphatic rings. The molecule has 0 atom stereocenters. The van der Waals surface area contributed by atoms with Crippen LogP contribution in [0.2, 0.25) is 0 Å². The molecule has 1 heterocycles. The number of carboxylic acid groups (broad SMARTS) is 1. The minimum Gasteiger partial charge on any atom is -0.478 e. The maximum Gasteiger partial charge on any atom is 0.573 e. The Morgan fingerprint density at radius 3 is 2.57 bits per heavy atom. The molecule has 0 aliphatic heterocycles. The molecule has 9 heteroatoms. The number of allylic oxidation sites excluding steroid dienone is 3. The van der Waals surface area contributed by atoms with Gasteiger partial charge in [0.25, 0.3) is 5.91 Å². The van der Waals surface area contributed by atoms with Gasteiger partial charge in [-0.1, -0.05) is 36.4 Å². The lowest BCUT2D eigenvalue weighted by Gasteiger charge is -2.08. The molecule has 2 N–H and O–H groups in total. The van der Waals surface area contributed by atoms with E-state index in [1.165, 1.54) is 41.7 Å². The molecule has 1 aliphatic carbocycles. The van der Waals surface area contributed by atoms with Gasteiger partial charge in [0.05, 0.1) is 4.88 Å². The van der Waals surface area contributed by atoms with E-state index in [-0.39, 0.29) is 30.2 Å². The SMILES string of the molecule is O=C(O)C1=CC=CC(CNC(=O)c2cc(-c3ccc(OC(F)(F)F)cc3)cs2)=CC1. The Morgan fingerprint density at radius 1 is 1.17 bits per heavy atom. The summed E-state index contributed by atoms with van der Waals surface area (Å²) in [6.07, 6.45) is 2.15. The first-order valence-corrected chi connectivity index (χ1v) is 9.62. The van der Waals surface area contributed by atoms with Crippen molar-refractivity contribution in [2.75, 3.05) is 6.54 Å². The molecule has 0 fully saturated rings. The van der Waals surface area contributed by atoms with Gasteiger partial charge in [0.2, 0.25) is 0 Å². The van der Waals surface area contributed by atoms with Gasteiger partial charge in [-0.3, -0.25) is 4.79 Å². The van der Waals surface area contributed by atoms with Crippen molar-refractivity contribution in [3.8, 4) is 16.9 Å². The Kier molecular flexibility index (Phi) is 6.41. The standard InChI is InChI=1S/C21H16F3NO4S/c22-21(23,24)29-17-8-6-14(7-9-17)16-10-18(30-12-16)19(26)25-11-13-2-1-3-15(5-4-13)20(27)28/h1-4,6-10,12H,5,11H2,(H,25,26)(H,27,28). The van der Waals surface area contributed by atoms with Gasteiger partial charge in [-0.2, -0.15) is 0 Å². The highest BCUT2D eigenvalue weighted by Gasteiger charge is 2.31. The molecule has 5 nitrogen and oxygen atoms in total. The number of carbonyl (C=O) groups excluding carboxylic acids is 1. The fraction of sp³-hybridized carbons (Fsp3) is 0.143. The van der Waals surface area contributed by atoms with Gasteiger partial charge in [0.1, 0.15) is 5.75 Å². The summed E-state index contributed by atoms with van der Waals surface area (Å²) in [5, 5.41) is 13.5. The molecule has 156 valence electrons. The predicted octanol–water partition coefficient (Wildman–Crippen LogP) is 4.94. The lowest BCUT2D eigenvalue weighted by molar-refractivity contribution is -0.274. The quantitative estimate of drug-likeness (QED) is 0.674. The van der Waals surface area contributed by atoms with E-state index in [1.807, 2.05) is 0 Å². The Morgan fingerprint density at radius 2 is 1.90 bits per heavy atom. The van der Waals surface area contributed by atoms with E-state index in [2.05, 4.69) is 10.1 Å². The number of nitrogens with one attached hydrogen (secondary N) is 1. The average molecular weight is 435 g/mol. The third-order valence-electron chi connectivity index (χ3n) is 4.16. The van der Waals surface area contributed by atoms with Crippen molar-refractivity contribution in [1.29, 1.82) is 0 Å². The zero-order chi connectivity index (χ0) is 21.7. The van der Waals surface area contributed by atoms with Gasteiger partial charge in [-0.25, -0.2) is 4.79 Å².